The van der Waals surface area contributed by atoms with Gasteiger partial charge in [0.05, 0.1) is 6.42 Å². The summed E-state index contributed by atoms with van der Waals surface area (Å²) in [6.45, 7) is 1.81. The number of hydrazine groups is 1. The molecule has 6 heteroatoms. The Balaban J connectivity index is 3.69. The number of nitrogens with zero attached hydrogens (tertiary/aromatic N) is 2. The number of nitrogens with two attached hydrogens (primary N) is 2. The number of aliphatic carboxylic acids is 1. The monoisotopic (exact) mass is 160 g/mol. The van der Waals surface area contributed by atoms with Crippen molar-refractivity contribution in [2.75, 3.05) is 6.54 Å². The normalized spacial score (nSPS) is 11.3. The average molecular weight is 160 g/mol. The maximum absolute atomic E-state index is 10.1. The number of carbonyl (C=O) groups is 1. The highest BCUT2D eigenvalue weighted by atomic mass is 16.4. The molecule has 0 aliphatic carbocycles. The molecule has 0 unspecified atom stereocenters. The Morgan fingerprint density at radius 3 is 2.64 bits per heavy atom. The number of amidine groups is 1. The minimum atomic E-state index is -0.898. The average Bonchev–Trinajstić information content (AvgIpc) is 1.98. The lowest BCUT2D eigenvalue weighted by Crippen LogP contribution is -2.37. The molecule has 0 aromatic carbocycles. The van der Waals surface area contributed by atoms with E-state index >= 15 is 0 Å². The van der Waals surface area contributed by atoms with Crippen LogP contribution in [0.3, 0.4) is 0 Å². The van der Waals surface area contributed by atoms with Gasteiger partial charge in [-0.3, -0.25) is 9.80 Å². The standard InChI is InChI=1S/C5H12N4O2/c1-4(8-6)9(7)3-2-5(10)11/h2-3,6-7H2,1H3,(H,10,11)/b8-4+. The zero-order chi connectivity index (χ0) is 8.85. The van der Waals surface area contributed by atoms with Crippen LogP contribution in [0.1, 0.15) is 13.3 Å². The van der Waals surface area contributed by atoms with Crippen LogP contribution in [-0.4, -0.2) is 28.5 Å². The van der Waals surface area contributed by atoms with E-state index in [4.69, 9.17) is 16.8 Å². The third-order valence-corrected chi connectivity index (χ3v) is 1.17. The van der Waals surface area contributed by atoms with E-state index in [1.807, 2.05) is 0 Å². The molecule has 0 aromatic rings. The van der Waals surface area contributed by atoms with Crippen LogP contribution in [0.2, 0.25) is 0 Å². The van der Waals surface area contributed by atoms with E-state index in [0.717, 1.165) is 0 Å². The van der Waals surface area contributed by atoms with Gasteiger partial charge in [0.1, 0.15) is 5.84 Å². The van der Waals surface area contributed by atoms with Gasteiger partial charge in [0.25, 0.3) is 0 Å². The molecule has 0 saturated carbocycles. The third-order valence-electron chi connectivity index (χ3n) is 1.17. The Hall–Kier alpha value is -1.30. The Morgan fingerprint density at radius 1 is 1.73 bits per heavy atom. The predicted molar refractivity (Wildman–Crippen MR) is 40.4 cm³/mol. The molecule has 0 aliphatic rings. The quantitative estimate of drug-likeness (QED) is 0.211. The predicted octanol–water partition coefficient (Wildman–Crippen LogP) is -1.07. The first-order chi connectivity index (χ1) is 5.07. The van der Waals surface area contributed by atoms with Gasteiger partial charge in [0.2, 0.25) is 0 Å². The third kappa shape index (κ3) is 4.15. The van der Waals surface area contributed by atoms with Crippen LogP contribution in [0.5, 0.6) is 0 Å². The summed E-state index contributed by atoms with van der Waals surface area (Å²) in [5.74, 6) is 9.74. The highest BCUT2D eigenvalue weighted by molar-refractivity contribution is 5.79. The molecular weight excluding hydrogens is 148 g/mol. The van der Waals surface area contributed by atoms with Crippen molar-refractivity contribution in [1.82, 2.24) is 5.01 Å². The van der Waals surface area contributed by atoms with Gasteiger partial charge in [-0.2, -0.15) is 5.10 Å². The number of hydrazone groups is 1. The summed E-state index contributed by atoms with van der Waals surface area (Å²) >= 11 is 0. The molecule has 0 saturated heterocycles. The molecule has 6 nitrogen and oxygen atoms in total. The van der Waals surface area contributed by atoms with Crippen LogP contribution in [0.25, 0.3) is 0 Å². The second-order valence-corrected chi connectivity index (χ2v) is 2.01. The summed E-state index contributed by atoms with van der Waals surface area (Å²) in [5, 5.41) is 12.7. The van der Waals surface area contributed by atoms with Crippen LogP contribution in [0, 0.1) is 0 Å². The SMILES string of the molecule is C/C(=N\N)N(N)CCC(=O)O. The van der Waals surface area contributed by atoms with Crippen molar-refractivity contribution >= 4 is 11.8 Å². The van der Waals surface area contributed by atoms with Crippen molar-refractivity contribution < 1.29 is 9.90 Å². The molecule has 0 amide bonds. The van der Waals surface area contributed by atoms with E-state index in [-0.39, 0.29) is 13.0 Å². The molecule has 0 atom stereocenters. The first kappa shape index (κ1) is 9.70. The van der Waals surface area contributed by atoms with Crippen molar-refractivity contribution in [2.24, 2.45) is 16.8 Å². The van der Waals surface area contributed by atoms with Crippen LogP contribution in [-0.2, 0) is 4.79 Å². The van der Waals surface area contributed by atoms with Crippen LogP contribution in [0.4, 0.5) is 0 Å². The number of carboxylic acid groups (broad SMARTS) is 1. The fourth-order valence-electron chi connectivity index (χ4n) is 0.452. The van der Waals surface area contributed by atoms with Gasteiger partial charge in [-0.05, 0) is 6.92 Å². The Morgan fingerprint density at radius 2 is 2.27 bits per heavy atom. The zero-order valence-electron chi connectivity index (χ0n) is 6.32. The second kappa shape index (κ2) is 4.51. The van der Waals surface area contributed by atoms with Gasteiger partial charge in [0.15, 0.2) is 0 Å². The summed E-state index contributed by atoms with van der Waals surface area (Å²) < 4.78 is 0. The first-order valence-corrected chi connectivity index (χ1v) is 3.06. The second-order valence-electron chi connectivity index (χ2n) is 2.01. The Kier molecular flexibility index (Phi) is 3.97. The molecule has 64 valence electrons. The van der Waals surface area contributed by atoms with Gasteiger partial charge in [-0.15, -0.1) is 0 Å². The van der Waals surface area contributed by atoms with Gasteiger partial charge < -0.3 is 10.9 Å². The van der Waals surface area contributed by atoms with Crippen molar-refractivity contribution in [3.63, 3.8) is 0 Å². The van der Waals surface area contributed by atoms with Crippen molar-refractivity contribution in [2.45, 2.75) is 13.3 Å². The molecule has 0 rings (SSSR count). The molecule has 0 fully saturated rings. The first-order valence-electron chi connectivity index (χ1n) is 3.06. The molecule has 0 radical (unpaired) electrons. The van der Waals surface area contributed by atoms with Crippen molar-refractivity contribution in [3.8, 4) is 0 Å². The Labute approximate surface area is 64.4 Å². The largest absolute Gasteiger partial charge is 0.481 e. The zero-order valence-corrected chi connectivity index (χ0v) is 6.32. The summed E-state index contributed by atoms with van der Waals surface area (Å²) in [4.78, 5) is 10.1. The molecule has 0 aliphatic heterocycles. The molecule has 11 heavy (non-hydrogen) atoms. The molecule has 0 aromatic heterocycles. The molecule has 0 bridgehead atoms. The lowest BCUT2D eigenvalue weighted by atomic mass is 10.4. The fraction of sp³-hybridized carbons (Fsp3) is 0.600. The van der Waals surface area contributed by atoms with E-state index in [2.05, 4.69) is 5.10 Å². The maximum atomic E-state index is 10.1. The topological polar surface area (TPSA) is 105 Å². The van der Waals surface area contributed by atoms with Crippen LogP contribution in [0.15, 0.2) is 5.10 Å². The molecular formula is C5H12N4O2. The minimum absolute atomic E-state index is 0.0244. The maximum Gasteiger partial charge on any atom is 0.305 e. The van der Waals surface area contributed by atoms with Crippen LogP contribution >= 0.6 is 0 Å². The highest BCUT2D eigenvalue weighted by Gasteiger charge is 2.03. The van der Waals surface area contributed by atoms with Gasteiger partial charge in [-0.1, -0.05) is 0 Å². The summed E-state index contributed by atoms with van der Waals surface area (Å²) in [7, 11) is 0. The number of rotatable bonds is 3. The minimum Gasteiger partial charge on any atom is -0.481 e. The van der Waals surface area contributed by atoms with Crippen molar-refractivity contribution in [1.29, 1.82) is 0 Å². The van der Waals surface area contributed by atoms with E-state index in [0.29, 0.717) is 5.84 Å². The van der Waals surface area contributed by atoms with Crippen molar-refractivity contribution in [3.05, 3.63) is 0 Å². The highest BCUT2D eigenvalue weighted by Crippen LogP contribution is 1.85. The summed E-state index contributed by atoms with van der Waals surface area (Å²) in [5.41, 5.74) is 0. The van der Waals surface area contributed by atoms with E-state index in [9.17, 15) is 4.79 Å². The van der Waals surface area contributed by atoms with Crippen LogP contribution < -0.4 is 11.7 Å². The Bertz CT molecular complexity index is 168. The molecule has 0 heterocycles. The van der Waals surface area contributed by atoms with Gasteiger partial charge in [0, 0.05) is 6.54 Å². The van der Waals surface area contributed by atoms with E-state index in [1.54, 1.807) is 6.92 Å². The summed E-state index contributed by atoms with van der Waals surface area (Å²) in [6, 6.07) is 0. The number of hydrogen-bond donors (Lipinski definition) is 3. The lowest BCUT2D eigenvalue weighted by molar-refractivity contribution is -0.137. The van der Waals surface area contributed by atoms with E-state index < -0.39 is 5.97 Å². The van der Waals surface area contributed by atoms with Gasteiger partial charge >= 0.3 is 5.97 Å². The smallest absolute Gasteiger partial charge is 0.305 e. The van der Waals surface area contributed by atoms with Gasteiger partial charge in [-0.25, -0.2) is 5.84 Å². The summed E-state index contributed by atoms with van der Waals surface area (Å²) in [6.07, 6.45) is -0.0244. The number of carboxylic acids is 1. The molecule has 5 N–H and O–H groups in total. The number of hydrogen-bond acceptors (Lipinski definition) is 4. The molecule has 0 spiro atoms. The fourth-order valence-corrected chi connectivity index (χ4v) is 0.452. The van der Waals surface area contributed by atoms with E-state index in [1.165, 1.54) is 5.01 Å². The lowest BCUT2D eigenvalue weighted by Gasteiger charge is -2.15.